The summed E-state index contributed by atoms with van der Waals surface area (Å²) in [4.78, 5) is 7.82. The fourth-order valence-corrected chi connectivity index (χ4v) is 2.09. The highest BCUT2D eigenvalue weighted by molar-refractivity contribution is 5.58. The van der Waals surface area contributed by atoms with Crippen LogP contribution in [0.5, 0.6) is 0 Å². The van der Waals surface area contributed by atoms with E-state index in [0.29, 0.717) is 0 Å². The minimum atomic E-state index is 0.106. The van der Waals surface area contributed by atoms with Crippen LogP contribution < -0.4 is 5.32 Å². The second kappa shape index (κ2) is 6.23. The molecule has 0 saturated carbocycles. The summed E-state index contributed by atoms with van der Waals surface area (Å²) in [5.41, 5.74) is 3.78. The van der Waals surface area contributed by atoms with Crippen molar-refractivity contribution in [2.45, 2.75) is 52.6 Å². The predicted molar refractivity (Wildman–Crippen MR) is 84.6 cm³/mol. The zero-order valence-corrected chi connectivity index (χ0v) is 13.0. The zero-order chi connectivity index (χ0) is 14.6. The maximum Gasteiger partial charge on any atom is 0.120 e. The van der Waals surface area contributed by atoms with Crippen LogP contribution in [0.25, 0.3) is 11.3 Å². The van der Waals surface area contributed by atoms with Gasteiger partial charge in [0.15, 0.2) is 0 Å². The largest absolute Gasteiger partial charge is 0.341 e. The van der Waals surface area contributed by atoms with Gasteiger partial charge in [0.1, 0.15) is 5.82 Å². The molecule has 3 heteroatoms. The molecule has 20 heavy (non-hydrogen) atoms. The lowest BCUT2D eigenvalue weighted by atomic mass is 10.1. The van der Waals surface area contributed by atoms with E-state index in [1.54, 1.807) is 0 Å². The van der Waals surface area contributed by atoms with E-state index in [1.807, 2.05) is 6.20 Å². The van der Waals surface area contributed by atoms with Crippen molar-refractivity contribution >= 4 is 0 Å². The third kappa shape index (κ3) is 4.20. The van der Waals surface area contributed by atoms with Crippen LogP contribution in [0.4, 0.5) is 0 Å². The van der Waals surface area contributed by atoms with Crippen LogP contribution in [0, 0.1) is 0 Å². The van der Waals surface area contributed by atoms with Gasteiger partial charge in [0, 0.05) is 5.54 Å². The summed E-state index contributed by atoms with van der Waals surface area (Å²) in [5, 5.41) is 3.44. The van der Waals surface area contributed by atoms with Gasteiger partial charge in [-0.2, -0.15) is 0 Å². The van der Waals surface area contributed by atoms with Gasteiger partial charge in [0.05, 0.1) is 18.4 Å². The van der Waals surface area contributed by atoms with E-state index in [0.717, 1.165) is 24.5 Å². The molecule has 0 bridgehead atoms. The number of aromatic nitrogens is 2. The molecule has 2 rings (SSSR count). The third-order valence-corrected chi connectivity index (χ3v) is 3.22. The maximum atomic E-state index is 4.44. The lowest BCUT2D eigenvalue weighted by Crippen LogP contribution is -2.35. The van der Waals surface area contributed by atoms with Gasteiger partial charge in [-0.15, -0.1) is 0 Å². The van der Waals surface area contributed by atoms with Crippen molar-refractivity contribution in [2.75, 3.05) is 0 Å². The first-order valence-electron chi connectivity index (χ1n) is 7.36. The summed E-state index contributed by atoms with van der Waals surface area (Å²) < 4.78 is 0. The van der Waals surface area contributed by atoms with Crippen LogP contribution in [0.15, 0.2) is 30.5 Å². The Morgan fingerprint density at radius 1 is 1.15 bits per heavy atom. The summed E-state index contributed by atoms with van der Waals surface area (Å²) in [6.07, 6.45) is 4.24. The summed E-state index contributed by atoms with van der Waals surface area (Å²) in [5.74, 6) is 0.979. The molecule has 0 aliphatic carbocycles. The minimum Gasteiger partial charge on any atom is -0.341 e. The maximum absolute atomic E-state index is 4.44. The van der Waals surface area contributed by atoms with Gasteiger partial charge in [-0.3, -0.25) is 0 Å². The number of benzene rings is 1. The van der Waals surface area contributed by atoms with Crippen LogP contribution in [0.3, 0.4) is 0 Å². The molecule has 2 N–H and O–H groups in total. The van der Waals surface area contributed by atoms with Gasteiger partial charge in [-0.1, -0.05) is 37.6 Å². The molecular weight excluding hydrogens is 246 g/mol. The molecule has 0 radical (unpaired) electrons. The molecule has 0 saturated heterocycles. The van der Waals surface area contributed by atoms with Gasteiger partial charge in [-0.05, 0) is 38.3 Å². The van der Waals surface area contributed by atoms with Crippen LogP contribution in [0.2, 0.25) is 0 Å². The highest BCUT2D eigenvalue weighted by atomic mass is 15.0. The predicted octanol–water partition coefficient (Wildman–Crippen LogP) is 3.92. The third-order valence-electron chi connectivity index (χ3n) is 3.22. The highest BCUT2D eigenvalue weighted by Gasteiger charge is 2.10. The molecule has 0 atom stereocenters. The van der Waals surface area contributed by atoms with Crippen molar-refractivity contribution in [2.24, 2.45) is 0 Å². The molecular formula is C17H25N3. The smallest absolute Gasteiger partial charge is 0.120 e. The summed E-state index contributed by atoms with van der Waals surface area (Å²) in [6, 6.07) is 8.73. The van der Waals surface area contributed by atoms with E-state index in [2.05, 4.69) is 67.2 Å². The molecule has 1 heterocycles. The molecule has 0 fully saturated rings. The lowest BCUT2D eigenvalue weighted by molar-refractivity contribution is 0.418. The first-order chi connectivity index (χ1) is 9.48. The highest BCUT2D eigenvalue weighted by Crippen LogP contribution is 2.18. The molecule has 1 aromatic heterocycles. The van der Waals surface area contributed by atoms with Crippen molar-refractivity contribution in [1.82, 2.24) is 15.3 Å². The van der Waals surface area contributed by atoms with Crippen LogP contribution in [-0.2, 0) is 13.0 Å². The van der Waals surface area contributed by atoms with Crippen molar-refractivity contribution in [3.8, 4) is 11.3 Å². The molecule has 2 aromatic rings. The molecule has 108 valence electrons. The van der Waals surface area contributed by atoms with E-state index >= 15 is 0 Å². The summed E-state index contributed by atoms with van der Waals surface area (Å²) >= 11 is 0. The van der Waals surface area contributed by atoms with Crippen LogP contribution in [0.1, 0.15) is 45.5 Å². The van der Waals surface area contributed by atoms with Gasteiger partial charge in [0.25, 0.3) is 0 Å². The Labute approximate surface area is 121 Å². The number of imidazole rings is 1. The number of hydrogen-bond donors (Lipinski definition) is 2. The van der Waals surface area contributed by atoms with Crippen LogP contribution >= 0.6 is 0 Å². The molecule has 0 spiro atoms. The minimum absolute atomic E-state index is 0.106. The number of aromatic amines is 1. The average molecular weight is 271 g/mol. The second-order valence-electron chi connectivity index (χ2n) is 6.29. The van der Waals surface area contributed by atoms with E-state index in [1.165, 1.54) is 17.5 Å². The normalized spacial score (nSPS) is 11.8. The number of H-pyrrole nitrogens is 1. The lowest BCUT2D eigenvalue weighted by Gasteiger charge is -2.19. The molecule has 0 aliphatic heterocycles. The number of aryl methyl sites for hydroxylation is 1. The monoisotopic (exact) mass is 271 g/mol. The molecule has 1 aromatic carbocycles. The fraction of sp³-hybridized carbons (Fsp3) is 0.471. The Morgan fingerprint density at radius 2 is 1.85 bits per heavy atom. The summed E-state index contributed by atoms with van der Waals surface area (Å²) in [7, 11) is 0. The Balaban J connectivity index is 2.04. The Kier molecular flexibility index (Phi) is 4.61. The van der Waals surface area contributed by atoms with E-state index in [4.69, 9.17) is 0 Å². The van der Waals surface area contributed by atoms with E-state index in [9.17, 15) is 0 Å². The first kappa shape index (κ1) is 14.8. The summed E-state index contributed by atoms with van der Waals surface area (Å²) in [6.45, 7) is 9.44. The van der Waals surface area contributed by atoms with Gasteiger partial charge in [0.2, 0.25) is 0 Å². The van der Waals surface area contributed by atoms with Crippen molar-refractivity contribution in [1.29, 1.82) is 0 Å². The second-order valence-corrected chi connectivity index (χ2v) is 6.29. The van der Waals surface area contributed by atoms with Crippen LogP contribution in [-0.4, -0.2) is 15.5 Å². The average Bonchev–Trinajstić information content (AvgIpc) is 2.86. The van der Waals surface area contributed by atoms with Crippen molar-refractivity contribution in [3.05, 3.63) is 41.9 Å². The zero-order valence-electron chi connectivity index (χ0n) is 13.0. The molecule has 0 amide bonds. The number of hydrogen-bond acceptors (Lipinski definition) is 2. The standard InChI is InChI=1S/C17H25N3/c1-5-6-13-7-9-14(10-8-13)15-11-18-16(20-15)12-19-17(2,3)4/h7-11,19H,5-6,12H2,1-4H3,(H,18,20). The first-order valence-corrected chi connectivity index (χ1v) is 7.36. The Hall–Kier alpha value is -1.61. The SMILES string of the molecule is CCCc1ccc(-c2cnc(CNC(C)(C)C)[nH]2)cc1. The fourth-order valence-electron chi connectivity index (χ4n) is 2.09. The van der Waals surface area contributed by atoms with Gasteiger partial charge < -0.3 is 10.3 Å². The Morgan fingerprint density at radius 3 is 2.45 bits per heavy atom. The molecule has 3 nitrogen and oxygen atoms in total. The molecule has 0 unspecified atom stereocenters. The van der Waals surface area contributed by atoms with Gasteiger partial charge >= 0.3 is 0 Å². The molecule has 0 aliphatic rings. The number of nitrogens with one attached hydrogen (secondary N) is 2. The topological polar surface area (TPSA) is 40.7 Å². The van der Waals surface area contributed by atoms with Crippen molar-refractivity contribution in [3.63, 3.8) is 0 Å². The Bertz CT molecular complexity index is 532. The quantitative estimate of drug-likeness (QED) is 0.865. The number of rotatable bonds is 5. The van der Waals surface area contributed by atoms with E-state index in [-0.39, 0.29) is 5.54 Å². The van der Waals surface area contributed by atoms with E-state index < -0.39 is 0 Å². The van der Waals surface area contributed by atoms with Gasteiger partial charge in [-0.25, -0.2) is 4.98 Å². The van der Waals surface area contributed by atoms with Crippen molar-refractivity contribution < 1.29 is 0 Å². The number of nitrogens with zero attached hydrogens (tertiary/aromatic N) is 1.